The minimum absolute atomic E-state index is 0.939. The van der Waals surface area contributed by atoms with Gasteiger partial charge in [-0.2, -0.15) is 0 Å². The standard InChI is InChI=1S/C10H13N3S/c1-3-8-7-14-10(12-8)13-6-5-11-9(13)4-2/h5-7H,3-4H2,1-2H3. The molecule has 0 aliphatic heterocycles. The average molecular weight is 207 g/mol. The van der Waals surface area contributed by atoms with Crippen LogP contribution in [-0.4, -0.2) is 14.5 Å². The molecule has 0 N–H and O–H groups in total. The van der Waals surface area contributed by atoms with Crippen LogP contribution in [0.3, 0.4) is 0 Å². The molecule has 0 bridgehead atoms. The van der Waals surface area contributed by atoms with Gasteiger partial charge in [0.1, 0.15) is 5.82 Å². The van der Waals surface area contributed by atoms with Gasteiger partial charge in [0.25, 0.3) is 0 Å². The lowest BCUT2D eigenvalue weighted by Gasteiger charge is -2.00. The third-order valence-electron chi connectivity index (χ3n) is 2.14. The second-order valence-electron chi connectivity index (χ2n) is 3.04. The monoisotopic (exact) mass is 207 g/mol. The molecule has 2 heterocycles. The smallest absolute Gasteiger partial charge is 0.195 e. The van der Waals surface area contributed by atoms with E-state index in [0.29, 0.717) is 0 Å². The number of imidazole rings is 1. The van der Waals surface area contributed by atoms with Gasteiger partial charge >= 0.3 is 0 Å². The molecule has 3 nitrogen and oxygen atoms in total. The zero-order valence-electron chi connectivity index (χ0n) is 8.40. The highest BCUT2D eigenvalue weighted by molar-refractivity contribution is 7.12. The van der Waals surface area contributed by atoms with Crippen LogP contribution in [0.4, 0.5) is 0 Å². The first-order valence-electron chi connectivity index (χ1n) is 4.82. The maximum absolute atomic E-state index is 4.52. The summed E-state index contributed by atoms with van der Waals surface area (Å²) in [6.45, 7) is 4.22. The van der Waals surface area contributed by atoms with E-state index in [1.165, 1.54) is 0 Å². The molecular formula is C10H13N3S. The fraction of sp³-hybridized carbons (Fsp3) is 0.400. The van der Waals surface area contributed by atoms with Gasteiger partial charge in [0.2, 0.25) is 0 Å². The molecule has 0 aromatic carbocycles. The molecule has 0 radical (unpaired) electrons. The first-order valence-corrected chi connectivity index (χ1v) is 5.70. The molecule has 0 saturated heterocycles. The largest absolute Gasteiger partial charge is 0.279 e. The summed E-state index contributed by atoms with van der Waals surface area (Å²) in [6.07, 6.45) is 5.73. The van der Waals surface area contributed by atoms with Crippen molar-refractivity contribution >= 4 is 11.3 Å². The molecular weight excluding hydrogens is 194 g/mol. The van der Waals surface area contributed by atoms with Gasteiger partial charge in [-0.05, 0) is 6.42 Å². The van der Waals surface area contributed by atoms with Crippen LogP contribution in [0.5, 0.6) is 0 Å². The quantitative estimate of drug-likeness (QED) is 0.774. The van der Waals surface area contributed by atoms with E-state index < -0.39 is 0 Å². The molecule has 14 heavy (non-hydrogen) atoms. The summed E-state index contributed by atoms with van der Waals surface area (Å²) in [5.74, 6) is 1.07. The number of nitrogens with zero attached hydrogens (tertiary/aromatic N) is 3. The van der Waals surface area contributed by atoms with Crippen molar-refractivity contribution in [2.75, 3.05) is 0 Å². The summed E-state index contributed by atoms with van der Waals surface area (Å²) in [6, 6.07) is 0. The Morgan fingerprint density at radius 3 is 2.86 bits per heavy atom. The van der Waals surface area contributed by atoms with Gasteiger partial charge in [0, 0.05) is 24.2 Å². The first-order chi connectivity index (χ1) is 6.85. The fourth-order valence-corrected chi connectivity index (χ4v) is 2.25. The van der Waals surface area contributed by atoms with Crippen LogP contribution in [0, 0.1) is 0 Å². The number of thiazole rings is 1. The Hall–Kier alpha value is -1.16. The predicted molar refractivity (Wildman–Crippen MR) is 58.0 cm³/mol. The number of aromatic nitrogens is 3. The predicted octanol–water partition coefficient (Wildman–Crippen LogP) is 2.45. The summed E-state index contributed by atoms with van der Waals surface area (Å²) in [7, 11) is 0. The van der Waals surface area contributed by atoms with Crippen LogP contribution in [-0.2, 0) is 12.8 Å². The lowest BCUT2D eigenvalue weighted by Crippen LogP contribution is -1.98. The Labute approximate surface area is 87.4 Å². The van der Waals surface area contributed by atoms with E-state index in [0.717, 1.165) is 29.5 Å². The van der Waals surface area contributed by atoms with Crippen molar-refractivity contribution in [1.29, 1.82) is 0 Å². The zero-order chi connectivity index (χ0) is 9.97. The summed E-state index contributed by atoms with van der Waals surface area (Å²) in [5.41, 5.74) is 1.15. The van der Waals surface area contributed by atoms with Crippen LogP contribution in [0.1, 0.15) is 25.4 Å². The van der Waals surface area contributed by atoms with E-state index >= 15 is 0 Å². The minimum atomic E-state index is 0.939. The summed E-state index contributed by atoms with van der Waals surface area (Å²) >= 11 is 1.67. The Bertz CT molecular complexity index is 416. The first kappa shape index (κ1) is 9.40. The molecule has 0 aliphatic rings. The summed E-state index contributed by atoms with van der Waals surface area (Å²) < 4.78 is 2.06. The molecule has 0 amide bonds. The fourth-order valence-electron chi connectivity index (χ4n) is 1.34. The zero-order valence-corrected chi connectivity index (χ0v) is 9.21. The highest BCUT2D eigenvalue weighted by Gasteiger charge is 2.06. The van der Waals surface area contributed by atoms with Crippen LogP contribution in [0.25, 0.3) is 5.13 Å². The van der Waals surface area contributed by atoms with Crippen molar-refractivity contribution < 1.29 is 0 Å². The van der Waals surface area contributed by atoms with E-state index in [2.05, 4.69) is 33.8 Å². The summed E-state index contributed by atoms with van der Waals surface area (Å²) in [5, 5.41) is 3.13. The van der Waals surface area contributed by atoms with Crippen molar-refractivity contribution in [3.63, 3.8) is 0 Å². The molecule has 2 aromatic heterocycles. The van der Waals surface area contributed by atoms with E-state index in [4.69, 9.17) is 0 Å². The van der Waals surface area contributed by atoms with Gasteiger partial charge in [-0.1, -0.05) is 13.8 Å². The number of aryl methyl sites for hydroxylation is 2. The molecule has 0 fully saturated rings. The van der Waals surface area contributed by atoms with Crippen molar-refractivity contribution in [3.8, 4) is 5.13 Å². The second kappa shape index (κ2) is 3.92. The van der Waals surface area contributed by atoms with E-state index in [1.807, 2.05) is 12.4 Å². The maximum atomic E-state index is 4.52. The van der Waals surface area contributed by atoms with E-state index in [-0.39, 0.29) is 0 Å². The van der Waals surface area contributed by atoms with Gasteiger partial charge in [0.05, 0.1) is 5.69 Å². The van der Waals surface area contributed by atoms with Crippen molar-refractivity contribution in [1.82, 2.24) is 14.5 Å². The molecule has 2 rings (SSSR count). The Balaban J connectivity index is 2.38. The highest BCUT2D eigenvalue weighted by Crippen LogP contribution is 2.16. The van der Waals surface area contributed by atoms with Gasteiger partial charge in [-0.25, -0.2) is 9.97 Å². The second-order valence-corrected chi connectivity index (χ2v) is 3.88. The lowest BCUT2D eigenvalue weighted by molar-refractivity contribution is 0.875. The van der Waals surface area contributed by atoms with Crippen LogP contribution < -0.4 is 0 Å². The van der Waals surface area contributed by atoms with Crippen molar-refractivity contribution in [2.45, 2.75) is 26.7 Å². The SMILES string of the molecule is CCc1csc(-n2ccnc2CC)n1. The topological polar surface area (TPSA) is 30.7 Å². The minimum Gasteiger partial charge on any atom is -0.279 e. The average Bonchev–Trinajstić information content (AvgIpc) is 2.85. The van der Waals surface area contributed by atoms with E-state index in [1.54, 1.807) is 11.3 Å². The third-order valence-corrected chi connectivity index (χ3v) is 3.03. The van der Waals surface area contributed by atoms with E-state index in [9.17, 15) is 0 Å². The Kier molecular flexibility index (Phi) is 2.63. The molecule has 74 valence electrons. The van der Waals surface area contributed by atoms with Crippen LogP contribution in [0.2, 0.25) is 0 Å². The lowest BCUT2D eigenvalue weighted by atomic mass is 10.4. The molecule has 0 atom stereocenters. The van der Waals surface area contributed by atoms with Crippen LogP contribution >= 0.6 is 11.3 Å². The van der Waals surface area contributed by atoms with Crippen molar-refractivity contribution in [3.05, 3.63) is 29.3 Å². The van der Waals surface area contributed by atoms with Crippen LogP contribution in [0.15, 0.2) is 17.8 Å². The number of hydrogen-bond donors (Lipinski definition) is 0. The van der Waals surface area contributed by atoms with Crippen molar-refractivity contribution in [2.24, 2.45) is 0 Å². The molecule has 0 aliphatic carbocycles. The molecule has 0 saturated carbocycles. The maximum Gasteiger partial charge on any atom is 0.195 e. The molecule has 0 unspecified atom stereocenters. The Morgan fingerprint density at radius 2 is 2.21 bits per heavy atom. The molecule has 0 spiro atoms. The highest BCUT2D eigenvalue weighted by atomic mass is 32.1. The normalized spacial score (nSPS) is 10.7. The number of rotatable bonds is 3. The van der Waals surface area contributed by atoms with Gasteiger partial charge in [0.15, 0.2) is 5.13 Å². The van der Waals surface area contributed by atoms with Gasteiger partial charge < -0.3 is 0 Å². The molecule has 4 heteroatoms. The van der Waals surface area contributed by atoms with Gasteiger partial charge in [-0.3, -0.25) is 4.57 Å². The summed E-state index contributed by atoms with van der Waals surface area (Å²) in [4.78, 5) is 8.80. The third kappa shape index (κ3) is 1.57. The number of hydrogen-bond acceptors (Lipinski definition) is 3. The molecule has 2 aromatic rings. The van der Waals surface area contributed by atoms with Gasteiger partial charge in [-0.15, -0.1) is 11.3 Å². The Morgan fingerprint density at radius 1 is 1.36 bits per heavy atom.